The first-order valence-electron chi connectivity index (χ1n) is 6.63. The second-order valence-electron chi connectivity index (χ2n) is 5.07. The number of carbonyl (C=O) groups is 1. The van der Waals surface area contributed by atoms with E-state index in [0.29, 0.717) is 12.0 Å². The summed E-state index contributed by atoms with van der Waals surface area (Å²) in [6.45, 7) is 0. The van der Waals surface area contributed by atoms with Crippen LogP contribution in [0.1, 0.15) is 22.7 Å². The van der Waals surface area contributed by atoms with Gasteiger partial charge >= 0.3 is 0 Å². The molecule has 1 aliphatic heterocycles. The largest absolute Gasteiger partial charge is 0.326 e. The maximum absolute atomic E-state index is 13.4. The third kappa shape index (κ3) is 2.64. The van der Waals surface area contributed by atoms with Gasteiger partial charge in [-0.05, 0) is 41.9 Å². The Morgan fingerprint density at radius 1 is 1.10 bits per heavy atom. The molecule has 0 spiro atoms. The minimum Gasteiger partial charge on any atom is -0.326 e. The average molecular weight is 288 g/mol. The van der Waals surface area contributed by atoms with Gasteiger partial charge in [-0.2, -0.15) is 0 Å². The van der Waals surface area contributed by atoms with Gasteiger partial charge in [-0.25, -0.2) is 8.78 Å². The maximum Gasteiger partial charge on any atom is 0.228 e. The number of nitrogens with one attached hydrogen (secondary N) is 2. The van der Waals surface area contributed by atoms with Gasteiger partial charge < -0.3 is 10.6 Å². The molecule has 0 saturated carbocycles. The van der Waals surface area contributed by atoms with Crippen molar-refractivity contribution in [2.45, 2.75) is 12.5 Å². The second-order valence-corrected chi connectivity index (χ2v) is 5.07. The Bertz CT molecular complexity index is 695. The van der Waals surface area contributed by atoms with E-state index in [-0.39, 0.29) is 11.9 Å². The predicted octanol–water partition coefficient (Wildman–Crippen LogP) is 2.77. The molecule has 0 saturated heterocycles. The summed E-state index contributed by atoms with van der Waals surface area (Å²) >= 11 is 0. The molecule has 2 N–H and O–H groups in total. The zero-order valence-corrected chi connectivity index (χ0v) is 11.4. The summed E-state index contributed by atoms with van der Waals surface area (Å²) in [5.41, 5.74) is 3.06. The minimum absolute atomic E-state index is 0.0417. The van der Waals surface area contributed by atoms with Gasteiger partial charge in [-0.3, -0.25) is 4.79 Å². The number of benzene rings is 2. The van der Waals surface area contributed by atoms with Gasteiger partial charge in [-0.1, -0.05) is 12.1 Å². The number of carbonyl (C=O) groups excluding carboxylic acids is 1. The predicted molar refractivity (Wildman–Crippen MR) is 76.0 cm³/mol. The molecule has 2 aromatic rings. The molecular formula is C16H14F2N2O. The van der Waals surface area contributed by atoms with Crippen molar-refractivity contribution in [2.75, 3.05) is 12.4 Å². The Kier molecular flexibility index (Phi) is 3.43. The summed E-state index contributed by atoms with van der Waals surface area (Å²) in [6.07, 6.45) is 0.330. The lowest BCUT2D eigenvalue weighted by Gasteiger charge is -2.18. The van der Waals surface area contributed by atoms with Crippen molar-refractivity contribution in [3.63, 3.8) is 0 Å². The van der Waals surface area contributed by atoms with E-state index in [4.69, 9.17) is 0 Å². The van der Waals surface area contributed by atoms with Crippen molar-refractivity contribution < 1.29 is 13.6 Å². The molecular weight excluding hydrogens is 274 g/mol. The fourth-order valence-electron chi connectivity index (χ4n) is 2.70. The van der Waals surface area contributed by atoms with E-state index in [2.05, 4.69) is 10.6 Å². The summed E-state index contributed by atoms with van der Waals surface area (Å²) in [5.74, 6) is -1.26. The highest BCUT2D eigenvalue weighted by Crippen LogP contribution is 2.29. The first kappa shape index (κ1) is 13.7. The van der Waals surface area contributed by atoms with E-state index in [0.717, 1.165) is 22.9 Å². The van der Waals surface area contributed by atoms with Crippen molar-refractivity contribution in [2.24, 2.45) is 0 Å². The van der Waals surface area contributed by atoms with Gasteiger partial charge in [0.2, 0.25) is 5.91 Å². The molecule has 0 aromatic heterocycles. The fraction of sp³-hybridized carbons (Fsp3) is 0.188. The topological polar surface area (TPSA) is 41.1 Å². The zero-order valence-electron chi connectivity index (χ0n) is 11.4. The maximum atomic E-state index is 13.4. The summed E-state index contributed by atoms with van der Waals surface area (Å²) < 4.78 is 26.8. The van der Waals surface area contributed by atoms with Crippen molar-refractivity contribution in [1.82, 2.24) is 5.32 Å². The van der Waals surface area contributed by atoms with Crippen LogP contribution >= 0.6 is 0 Å². The molecule has 1 amide bonds. The van der Waals surface area contributed by atoms with Crippen molar-refractivity contribution in [3.8, 4) is 0 Å². The molecule has 5 heteroatoms. The van der Waals surface area contributed by atoms with Gasteiger partial charge in [0.05, 0.1) is 12.5 Å². The van der Waals surface area contributed by atoms with Gasteiger partial charge in [0.25, 0.3) is 0 Å². The van der Waals surface area contributed by atoms with Crippen LogP contribution in [0.5, 0.6) is 0 Å². The number of anilines is 1. The quantitative estimate of drug-likeness (QED) is 0.912. The van der Waals surface area contributed by atoms with Crippen LogP contribution in [0.15, 0.2) is 36.4 Å². The van der Waals surface area contributed by atoms with Crippen LogP contribution in [0.2, 0.25) is 0 Å². The molecule has 0 bridgehead atoms. The Morgan fingerprint density at radius 3 is 2.48 bits per heavy atom. The smallest absolute Gasteiger partial charge is 0.228 e. The summed E-state index contributed by atoms with van der Waals surface area (Å²) in [6, 6.07) is 8.67. The second kappa shape index (κ2) is 5.26. The Hall–Kier alpha value is -2.27. The van der Waals surface area contributed by atoms with E-state index in [1.54, 1.807) is 7.05 Å². The lowest BCUT2D eigenvalue weighted by Crippen LogP contribution is -2.18. The van der Waals surface area contributed by atoms with Gasteiger partial charge in [0.1, 0.15) is 11.6 Å². The molecule has 1 aliphatic rings. The summed E-state index contributed by atoms with van der Waals surface area (Å²) in [4.78, 5) is 11.4. The highest BCUT2D eigenvalue weighted by Gasteiger charge is 2.20. The lowest BCUT2D eigenvalue weighted by molar-refractivity contribution is -0.115. The van der Waals surface area contributed by atoms with Crippen LogP contribution in [0.4, 0.5) is 14.5 Å². The van der Waals surface area contributed by atoms with Crippen LogP contribution in [0.3, 0.4) is 0 Å². The molecule has 1 heterocycles. The van der Waals surface area contributed by atoms with Crippen LogP contribution in [0, 0.1) is 11.6 Å². The molecule has 0 radical (unpaired) electrons. The summed E-state index contributed by atoms with van der Waals surface area (Å²) in [7, 11) is 1.73. The number of halogens is 2. The Morgan fingerprint density at radius 2 is 1.81 bits per heavy atom. The molecule has 1 unspecified atom stereocenters. The minimum atomic E-state index is -0.608. The summed E-state index contributed by atoms with van der Waals surface area (Å²) in [5, 5.41) is 5.81. The number of hydrogen-bond acceptors (Lipinski definition) is 2. The molecule has 1 atom stereocenters. The third-order valence-electron chi connectivity index (χ3n) is 3.59. The van der Waals surface area contributed by atoms with E-state index >= 15 is 0 Å². The lowest BCUT2D eigenvalue weighted by atomic mass is 9.96. The standard InChI is InChI=1S/C16H14F2N2O/c1-19-16(11-5-12(17)8-13(18)6-11)9-2-3-14-10(4-9)7-15(21)20-14/h2-6,8,16,19H,7H2,1H3,(H,20,21). The fourth-order valence-corrected chi connectivity index (χ4v) is 2.70. The van der Waals surface area contributed by atoms with Crippen LogP contribution in [-0.2, 0) is 11.2 Å². The van der Waals surface area contributed by atoms with E-state index < -0.39 is 11.6 Å². The van der Waals surface area contributed by atoms with Crippen LogP contribution < -0.4 is 10.6 Å². The van der Waals surface area contributed by atoms with E-state index in [1.807, 2.05) is 18.2 Å². The normalized spacial score (nSPS) is 14.7. The van der Waals surface area contributed by atoms with Gasteiger partial charge in [0, 0.05) is 11.8 Å². The molecule has 108 valence electrons. The highest BCUT2D eigenvalue weighted by atomic mass is 19.1. The number of hydrogen-bond donors (Lipinski definition) is 2. The molecule has 21 heavy (non-hydrogen) atoms. The van der Waals surface area contributed by atoms with Gasteiger partial charge in [0.15, 0.2) is 0 Å². The van der Waals surface area contributed by atoms with Crippen molar-refractivity contribution in [3.05, 3.63) is 64.7 Å². The third-order valence-corrected chi connectivity index (χ3v) is 3.59. The van der Waals surface area contributed by atoms with Crippen LogP contribution in [0.25, 0.3) is 0 Å². The van der Waals surface area contributed by atoms with Crippen molar-refractivity contribution >= 4 is 11.6 Å². The first-order valence-corrected chi connectivity index (χ1v) is 6.63. The highest BCUT2D eigenvalue weighted by molar-refractivity contribution is 5.99. The first-order chi connectivity index (χ1) is 10.1. The number of fused-ring (bicyclic) bond motifs is 1. The number of rotatable bonds is 3. The van der Waals surface area contributed by atoms with E-state index in [1.165, 1.54) is 12.1 Å². The van der Waals surface area contributed by atoms with Crippen molar-refractivity contribution in [1.29, 1.82) is 0 Å². The number of amides is 1. The average Bonchev–Trinajstić information content (AvgIpc) is 2.78. The van der Waals surface area contributed by atoms with E-state index in [9.17, 15) is 13.6 Å². The molecule has 0 aliphatic carbocycles. The van der Waals surface area contributed by atoms with Crippen LogP contribution in [-0.4, -0.2) is 13.0 Å². The Balaban J connectivity index is 2.01. The SMILES string of the molecule is CNC(c1cc(F)cc(F)c1)c1ccc2c(c1)CC(=O)N2. The Labute approximate surface area is 121 Å². The van der Waals surface area contributed by atoms with Gasteiger partial charge in [-0.15, -0.1) is 0 Å². The molecule has 0 fully saturated rings. The monoisotopic (exact) mass is 288 g/mol. The molecule has 3 rings (SSSR count). The molecule has 2 aromatic carbocycles. The zero-order chi connectivity index (χ0) is 15.0. The molecule has 3 nitrogen and oxygen atoms in total.